The van der Waals surface area contributed by atoms with Gasteiger partial charge in [0, 0.05) is 12.1 Å². The predicted octanol–water partition coefficient (Wildman–Crippen LogP) is 6.18. The van der Waals surface area contributed by atoms with Gasteiger partial charge in [-0.1, -0.05) is 27.2 Å². The topological polar surface area (TPSA) is 58.7 Å². The molecule has 9 unspecified atom stereocenters. The van der Waals surface area contributed by atoms with Gasteiger partial charge < -0.3 is 0 Å². The lowest BCUT2D eigenvalue weighted by Gasteiger charge is -2.61. The number of nitriles is 1. The number of hydrogen-bond acceptors (Lipinski definition) is 3. The van der Waals surface area contributed by atoms with Crippen LogP contribution in [-0.4, -0.2) is 15.6 Å². The summed E-state index contributed by atoms with van der Waals surface area (Å²) in [5.74, 6) is 4.69. The van der Waals surface area contributed by atoms with Crippen molar-refractivity contribution in [2.45, 2.75) is 91.5 Å². The van der Waals surface area contributed by atoms with E-state index in [1.807, 2.05) is 6.92 Å². The van der Waals surface area contributed by atoms with Crippen molar-refractivity contribution in [1.82, 2.24) is 9.78 Å². The van der Waals surface area contributed by atoms with Gasteiger partial charge in [0.05, 0.1) is 11.8 Å². The van der Waals surface area contributed by atoms with Crippen LogP contribution < -0.4 is 0 Å². The van der Waals surface area contributed by atoms with Crippen molar-refractivity contribution < 1.29 is 4.79 Å². The van der Waals surface area contributed by atoms with E-state index < -0.39 is 0 Å². The highest BCUT2D eigenvalue weighted by atomic mass is 16.1. The molecule has 4 nitrogen and oxygen atoms in total. The van der Waals surface area contributed by atoms with E-state index in [0.29, 0.717) is 22.7 Å². The summed E-state index contributed by atoms with van der Waals surface area (Å²) in [6.45, 7) is 9.50. The zero-order chi connectivity index (χ0) is 22.0. The molecule has 4 heteroatoms. The molecule has 4 fully saturated rings. The molecule has 0 aromatic carbocycles. The quantitative estimate of drug-likeness (QED) is 0.585. The molecule has 9 atom stereocenters. The normalized spacial score (nSPS) is 45.1. The summed E-state index contributed by atoms with van der Waals surface area (Å²) < 4.78 is 1.71. The smallest absolute Gasteiger partial charge is 0.160 e. The second-order valence-corrected chi connectivity index (χ2v) is 12.1. The Hall–Kier alpha value is -1.63. The molecule has 0 amide bonds. The molecule has 5 rings (SSSR count). The van der Waals surface area contributed by atoms with Gasteiger partial charge in [0.15, 0.2) is 5.78 Å². The van der Waals surface area contributed by atoms with Crippen molar-refractivity contribution in [2.75, 3.05) is 0 Å². The van der Waals surface area contributed by atoms with Crippen LogP contribution in [0, 0.1) is 57.7 Å². The first kappa shape index (κ1) is 21.2. The number of Topliss-reactive ketones (excluding diaryl/α,β-unsaturated/α-hetero) is 1. The Balaban J connectivity index is 1.36. The lowest BCUT2D eigenvalue weighted by Crippen LogP contribution is -2.54. The summed E-state index contributed by atoms with van der Waals surface area (Å²) in [7, 11) is 0. The largest absolute Gasteiger partial charge is 0.297 e. The van der Waals surface area contributed by atoms with Gasteiger partial charge in [0.25, 0.3) is 0 Å². The van der Waals surface area contributed by atoms with Crippen molar-refractivity contribution in [2.24, 2.45) is 46.3 Å². The van der Waals surface area contributed by atoms with E-state index in [1.54, 1.807) is 17.1 Å². The van der Waals surface area contributed by atoms with Crippen LogP contribution in [0.5, 0.6) is 0 Å². The molecular weight excluding hydrogens is 382 g/mol. The lowest BCUT2D eigenvalue weighted by atomic mass is 9.44. The highest BCUT2D eigenvalue weighted by molar-refractivity contribution is 5.85. The fourth-order valence-corrected chi connectivity index (χ4v) is 8.97. The minimum absolute atomic E-state index is 0.139. The van der Waals surface area contributed by atoms with Gasteiger partial charge in [-0.25, -0.2) is 0 Å². The standard InChI is InChI=1S/C27H39N3O/c1-17-9-11-26(3)20(13-17)5-6-21-22-7-8-24(27(22,4)12-10-23(21)26)25(31)18(2)30-16-19(14-28)15-29-30/h15-18,20-24H,5-13H2,1-4H3. The third kappa shape index (κ3) is 3.13. The first-order valence-corrected chi connectivity index (χ1v) is 12.8. The summed E-state index contributed by atoms with van der Waals surface area (Å²) in [5, 5.41) is 13.4. The lowest BCUT2D eigenvalue weighted by molar-refractivity contribution is -0.139. The summed E-state index contributed by atoms with van der Waals surface area (Å²) in [6, 6.07) is 1.85. The van der Waals surface area contributed by atoms with Crippen LogP contribution in [0.3, 0.4) is 0 Å². The van der Waals surface area contributed by atoms with Crippen molar-refractivity contribution in [3.8, 4) is 6.07 Å². The molecule has 4 saturated carbocycles. The average molecular weight is 422 g/mol. The fraction of sp³-hybridized carbons (Fsp3) is 0.815. The predicted molar refractivity (Wildman–Crippen MR) is 121 cm³/mol. The van der Waals surface area contributed by atoms with E-state index in [1.165, 1.54) is 51.4 Å². The molecule has 1 aromatic heterocycles. The number of carbonyl (C=O) groups is 1. The maximum absolute atomic E-state index is 13.6. The molecule has 1 aromatic rings. The van der Waals surface area contributed by atoms with E-state index >= 15 is 0 Å². The first-order chi connectivity index (χ1) is 14.8. The Morgan fingerprint density at radius 1 is 1.13 bits per heavy atom. The molecule has 0 N–H and O–H groups in total. The van der Waals surface area contributed by atoms with Gasteiger partial charge in [-0.3, -0.25) is 9.48 Å². The van der Waals surface area contributed by atoms with Crippen LogP contribution in [-0.2, 0) is 4.79 Å². The summed E-state index contributed by atoms with van der Waals surface area (Å²) in [6.07, 6.45) is 15.1. The van der Waals surface area contributed by atoms with E-state index in [4.69, 9.17) is 5.26 Å². The van der Waals surface area contributed by atoms with E-state index in [2.05, 4.69) is 31.9 Å². The number of fused-ring (bicyclic) bond motifs is 5. The first-order valence-electron chi connectivity index (χ1n) is 12.8. The number of aromatic nitrogens is 2. The third-order valence-corrected chi connectivity index (χ3v) is 10.8. The second kappa shape index (κ2) is 7.46. The minimum Gasteiger partial charge on any atom is -0.297 e. The van der Waals surface area contributed by atoms with Gasteiger partial charge in [-0.05, 0) is 98.7 Å². The zero-order valence-electron chi connectivity index (χ0n) is 19.8. The number of rotatable bonds is 3. The molecule has 0 radical (unpaired) electrons. The monoisotopic (exact) mass is 421 g/mol. The van der Waals surface area contributed by atoms with E-state index in [-0.39, 0.29) is 17.4 Å². The Morgan fingerprint density at radius 3 is 2.61 bits per heavy atom. The molecule has 1 heterocycles. The van der Waals surface area contributed by atoms with Crippen LogP contribution in [0.15, 0.2) is 12.4 Å². The Labute approximate surface area is 187 Å². The Bertz CT molecular complexity index is 899. The summed E-state index contributed by atoms with van der Waals surface area (Å²) in [4.78, 5) is 13.6. The third-order valence-electron chi connectivity index (χ3n) is 10.8. The van der Waals surface area contributed by atoms with Crippen LogP contribution in [0.4, 0.5) is 0 Å². The van der Waals surface area contributed by atoms with Crippen LogP contribution in [0.1, 0.15) is 97.1 Å². The molecule has 0 spiro atoms. The Morgan fingerprint density at radius 2 is 1.87 bits per heavy atom. The minimum atomic E-state index is -0.284. The molecule has 4 aliphatic rings. The van der Waals surface area contributed by atoms with E-state index in [0.717, 1.165) is 30.1 Å². The van der Waals surface area contributed by atoms with Crippen molar-refractivity contribution in [3.63, 3.8) is 0 Å². The van der Waals surface area contributed by atoms with Crippen LogP contribution in [0.25, 0.3) is 0 Å². The SMILES string of the molecule is CC1CCC2(C)C(CCC3C2CCC2(C)C(C(=O)C(C)n4cc(C#N)cn4)CCC32)C1. The number of carbonyl (C=O) groups excluding carboxylic acids is 1. The molecule has 168 valence electrons. The van der Waals surface area contributed by atoms with Crippen LogP contribution in [0.2, 0.25) is 0 Å². The van der Waals surface area contributed by atoms with Gasteiger partial charge in [-0.15, -0.1) is 0 Å². The summed E-state index contributed by atoms with van der Waals surface area (Å²) in [5.41, 5.74) is 1.21. The van der Waals surface area contributed by atoms with Crippen LogP contribution >= 0.6 is 0 Å². The number of ketones is 1. The van der Waals surface area contributed by atoms with Gasteiger partial charge in [-0.2, -0.15) is 10.4 Å². The molecule has 0 bridgehead atoms. The highest BCUT2D eigenvalue weighted by Crippen LogP contribution is 2.68. The van der Waals surface area contributed by atoms with Gasteiger partial charge in [0.1, 0.15) is 12.1 Å². The zero-order valence-corrected chi connectivity index (χ0v) is 19.8. The second-order valence-electron chi connectivity index (χ2n) is 12.1. The molecule has 0 aliphatic heterocycles. The average Bonchev–Trinajstić information content (AvgIpc) is 3.37. The molecule has 4 aliphatic carbocycles. The van der Waals surface area contributed by atoms with Crippen molar-refractivity contribution >= 4 is 5.78 Å². The Kier molecular flexibility index (Phi) is 5.11. The number of nitrogens with zero attached hydrogens (tertiary/aromatic N) is 3. The fourth-order valence-electron chi connectivity index (χ4n) is 8.97. The summed E-state index contributed by atoms with van der Waals surface area (Å²) >= 11 is 0. The number of hydrogen-bond donors (Lipinski definition) is 0. The van der Waals surface area contributed by atoms with E-state index in [9.17, 15) is 4.79 Å². The maximum Gasteiger partial charge on any atom is 0.160 e. The van der Waals surface area contributed by atoms with Gasteiger partial charge in [0.2, 0.25) is 0 Å². The van der Waals surface area contributed by atoms with Gasteiger partial charge >= 0.3 is 0 Å². The molecule has 31 heavy (non-hydrogen) atoms. The maximum atomic E-state index is 13.6. The highest BCUT2D eigenvalue weighted by Gasteiger charge is 2.61. The van der Waals surface area contributed by atoms with Crippen molar-refractivity contribution in [3.05, 3.63) is 18.0 Å². The van der Waals surface area contributed by atoms with Crippen molar-refractivity contribution in [1.29, 1.82) is 5.26 Å². The molecule has 0 saturated heterocycles. The molecular formula is C27H39N3O.